The van der Waals surface area contributed by atoms with Crippen LogP contribution in [0.2, 0.25) is 0 Å². The minimum atomic E-state index is -0.0379. The number of carbonyl (C=O) groups is 2. The maximum Gasteiger partial charge on any atom is 0.253 e. The van der Waals surface area contributed by atoms with Gasteiger partial charge in [-0.3, -0.25) is 9.59 Å². The van der Waals surface area contributed by atoms with Crippen molar-refractivity contribution < 1.29 is 9.59 Å². The molecule has 2 fully saturated rings. The molecule has 1 aliphatic heterocycles. The monoisotopic (exact) mass is 297 g/mol. The molecule has 114 valence electrons. The highest BCUT2D eigenvalue weighted by molar-refractivity contribution is 5.94. The van der Waals surface area contributed by atoms with E-state index in [0.717, 1.165) is 25.7 Å². The number of nitriles is 1. The van der Waals surface area contributed by atoms with E-state index in [4.69, 9.17) is 5.26 Å². The van der Waals surface area contributed by atoms with Crippen molar-refractivity contribution in [2.75, 3.05) is 13.1 Å². The maximum absolute atomic E-state index is 12.4. The molecule has 1 aliphatic carbocycles. The number of carbonyl (C=O) groups excluding carboxylic acids is 2. The lowest BCUT2D eigenvalue weighted by atomic mass is 10.0. The number of nitrogens with zero attached hydrogens (tertiary/aromatic N) is 2. The lowest BCUT2D eigenvalue weighted by Crippen LogP contribution is -2.46. The molecule has 2 amide bonds. The summed E-state index contributed by atoms with van der Waals surface area (Å²) in [6, 6.07) is 9.02. The topological polar surface area (TPSA) is 73.2 Å². The second-order valence-electron chi connectivity index (χ2n) is 6.04. The molecule has 22 heavy (non-hydrogen) atoms. The molecule has 1 heterocycles. The maximum atomic E-state index is 12.4. The van der Waals surface area contributed by atoms with Crippen LogP contribution in [0.5, 0.6) is 0 Å². The largest absolute Gasteiger partial charge is 0.353 e. The summed E-state index contributed by atoms with van der Waals surface area (Å²) in [6.45, 7) is 1.29. The summed E-state index contributed by atoms with van der Waals surface area (Å²) in [7, 11) is 0. The van der Waals surface area contributed by atoms with Gasteiger partial charge >= 0.3 is 0 Å². The Kier molecular flexibility index (Phi) is 4.10. The van der Waals surface area contributed by atoms with E-state index in [1.54, 1.807) is 29.2 Å². The number of amides is 2. The van der Waals surface area contributed by atoms with Crippen LogP contribution in [0.1, 0.15) is 41.6 Å². The molecular formula is C17H19N3O2. The average molecular weight is 297 g/mol. The van der Waals surface area contributed by atoms with E-state index < -0.39 is 0 Å². The average Bonchev–Trinajstić information content (AvgIpc) is 3.40. The van der Waals surface area contributed by atoms with Gasteiger partial charge in [0.2, 0.25) is 5.91 Å². The van der Waals surface area contributed by atoms with Crippen molar-refractivity contribution in [2.45, 2.75) is 31.7 Å². The number of piperidine rings is 1. The number of nitrogens with one attached hydrogen (secondary N) is 1. The van der Waals surface area contributed by atoms with Crippen LogP contribution >= 0.6 is 0 Å². The third-order valence-corrected chi connectivity index (χ3v) is 4.32. The molecule has 0 bridgehead atoms. The van der Waals surface area contributed by atoms with E-state index in [1.807, 2.05) is 0 Å². The number of hydrogen-bond acceptors (Lipinski definition) is 3. The zero-order valence-electron chi connectivity index (χ0n) is 12.4. The molecule has 3 rings (SSSR count). The summed E-state index contributed by atoms with van der Waals surface area (Å²) in [6.07, 6.45) is 3.61. The Morgan fingerprint density at radius 1 is 1.18 bits per heavy atom. The van der Waals surface area contributed by atoms with Crippen LogP contribution in [0.15, 0.2) is 24.3 Å². The van der Waals surface area contributed by atoms with Gasteiger partial charge < -0.3 is 10.2 Å². The molecule has 1 saturated carbocycles. The lowest BCUT2D eigenvalue weighted by molar-refractivity contribution is -0.123. The zero-order valence-corrected chi connectivity index (χ0v) is 12.4. The highest BCUT2D eigenvalue weighted by Crippen LogP contribution is 2.29. The Labute approximate surface area is 129 Å². The number of hydrogen-bond donors (Lipinski definition) is 1. The summed E-state index contributed by atoms with van der Waals surface area (Å²) in [5, 5.41) is 12.0. The van der Waals surface area contributed by atoms with Crippen LogP contribution in [0.4, 0.5) is 0 Å². The standard InChI is InChI=1S/C17H19N3O2/c18-11-12-2-1-3-14(10-12)17(22)20-8-6-15(7-9-20)19-16(21)13-4-5-13/h1-3,10,13,15H,4-9H2,(H,19,21). The van der Waals surface area contributed by atoms with E-state index >= 15 is 0 Å². The van der Waals surface area contributed by atoms with Gasteiger partial charge in [0.1, 0.15) is 0 Å². The molecule has 0 radical (unpaired) electrons. The molecule has 5 heteroatoms. The molecule has 2 aliphatic rings. The Bertz CT molecular complexity index is 623. The summed E-state index contributed by atoms with van der Waals surface area (Å²) in [4.78, 5) is 26.0. The first-order valence-electron chi connectivity index (χ1n) is 7.77. The molecule has 1 N–H and O–H groups in total. The minimum absolute atomic E-state index is 0.0379. The Hall–Kier alpha value is -2.35. The van der Waals surface area contributed by atoms with Gasteiger partial charge in [0.25, 0.3) is 5.91 Å². The fourth-order valence-electron chi connectivity index (χ4n) is 2.80. The van der Waals surface area contributed by atoms with Crippen molar-refractivity contribution in [3.05, 3.63) is 35.4 Å². The van der Waals surface area contributed by atoms with Crippen molar-refractivity contribution in [1.29, 1.82) is 5.26 Å². The van der Waals surface area contributed by atoms with Gasteiger partial charge in [0.15, 0.2) is 0 Å². The molecule has 1 aromatic carbocycles. The van der Waals surface area contributed by atoms with Crippen LogP contribution in [0, 0.1) is 17.2 Å². The lowest BCUT2D eigenvalue weighted by Gasteiger charge is -2.32. The molecular weight excluding hydrogens is 278 g/mol. The zero-order chi connectivity index (χ0) is 15.5. The fraction of sp³-hybridized carbons (Fsp3) is 0.471. The summed E-state index contributed by atoms with van der Waals surface area (Å²) in [5.74, 6) is 0.365. The van der Waals surface area contributed by atoms with Crippen LogP contribution in [-0.2, 0) is 4.79 Å². The Balaban J connectivity index is 1.55. The van der Waals surface area contributed by atoms with Gasteiger partial charge in [-0.25, -0.2) is 0 Å². The number of rotatable bonds is 3. The van der Waals surface area contributed by atoms with Crippen molar-refractivity contribution >= 4 is 11.8 Å². The Morgan fingerprint density at radius 3 is 2.55 bits per heavy atom. The molecule has 0 aromatic heterocycles. The van der Waals surface area contributed by atoms with Gasteiger partial charge in [-0.05, 0) is 43.9 Å². The van der Waals surface area contributed by atoms with Crippen molar-refractivity contribution in [1.82, 2.24) is 10.2 Å². The molecule has 0 spiro atoms. The molecule has 1 saturated heterocycles. The number of likely N-dealkylation sites (tertiary alicyclic amines) is 1. The van der Waals surface area contributed by atoms with Crippen LogP contribution in [0.3, 0.4) is 0 Å². The predicted molar refractivity (Wildman–Crippen MR) is 80.9 cm³/mol. The summed E-state index contributed by atoms with van der Waals surface area (Å²) >= 11 is 0. The Morgan fingerprint density at radius 2 is 1.91 bits per heavy atom. The van der Waals surface area contributed by atoms with Crippen LogP contribution < -0.4 is 5.32 Å². The van der Waals surface area contributed by atoms with Gasteiger partial charge in [0.05, 0.1) is 11.6 Å². The fourth-order valence-corrected chi connectivity index (χ4v) is 2.80. The van der Waals surface area contributed by atoms with Gasteiger partial charge in [-0.1, -0.05) is 6.07 Å². The van der Waals surface area contributed by atoms with E-state index in [9.17, 15) is 9.59 Å². The second kappa shape index (κ2) is 6.18. The van der Waals surface area contributed by atoms with E-state index in [2.05, 4.69) is 11.4 Å². The first-order chi connectivity index (χ1) is 10.7. The minimum Gasteiger partial charge on any atom is -0.353 e. The molecule has 0 unspecified atom stereocenters. The molecule has 5 nitrogen and oxygen atoms in total. The van der Waals surface area contributed by atoms with Crippen molar-refractivity contribution in [3.63, 3.8) is 0 Å². The summed E-state index contributed by atoms with van der Waals surface area (Å²) < 4.78 is 0. The van der Waals surface area contributed by atoms with Gasteiger partial charge in [0, 0.05) is 30.6 Å². The first-order valence-corrected chi connectivity index (χ1v) is 7.77. The van der Waals surface area contributed by atoms with Crippen LogP contribution in [0.25, 0.3) is 0 Å². The predicted octanol–water partition coefficient (Wildman–Crippen LogP) is 1.69. The van der Waals surface area contributed by atoms with Gasteiger partial charge in [-0.2, -0.15) is 5.26 Å². The smallest absolute Gasteiger partial charge is 0.253 e. The highest BCUT2D eigenvalue weighted by atomic mass is 16.2. The SMILES string of the molecule is N#Cc1cccc(C(=O)N2CCC(NC(=O)C3CC3)CC2)c1. The quantitative estimate of drug-likeness (QED) is 0.922. The third kappa shape index (κ3) is 3.28. The third-order valence-electron chi connectivity index (χ3n) is 4.32. The van der Waals surface area contributed by atoms with Gasteiger partial charge in [-0.15, -0.1) is 0 Å². The first kappa shape index (κ1) is 14.6. The second-order valence-corrected chi connectivity index (χ2v) is 6.04. The highest BCUT2D eigenvalue weighted by Gasteiger charge is 2.32. The van der Waals surface area contributed by atoms with Crippen molar-refractivity contribution in [3.8, 4) is 6.07 Å². The molecule has 0 atom stereocenters. The molecule has 1 aromatic rings. The number of benzene rings is 1. The normalized spacial score (nSPS) is 18.6. The van der Waals surface area contributed by atoms with E-state index in [-0.39, 0.29) is 23.8 Å². The van der Waals surface area contributed by atoms with E-state index in [0.29, 0.717) is 24.2 Å². The van der Waals surface area contributed by atoms with E-state index in [1.165, 1.54) is 0 Å². The van der Waals surface area contributed by atoms with Crippen LogP contribution in [-0.4, -0.2) is 35.8 Å². The van der Waals surface area contributed by atoms with Crippen molar-refractivity contribution in [2.24, 2.45) is 5.92 Å². The summed E-state index contributed by atoms with van der Waals surface area (Å²) in [5.41, 5.74) is 1.05.